The lowest BCUT2D eigenvalue weighted by Gasteiger charge is -2.34. The smallest absolute Gasteiger partial charge is 0.407 e. The van der Waals surface area contributed by atoms with Gasteiger partial charge in [-0.05, 0) is 45.7 Å². The highest BCUT2D eigenvalue weighted by atomic mass is 19.1. The zero-order chi connectivity index (χ0) is 30.9. The molecule has 0 unspecified atom stereocenters. The summed E-state index contributed by atoms with van der Waals surface area (Å²) in [5.41, 5.74) is 1.57. The molecule has 3 heterocycles. The molecule has 0 saturated heterocycles. The molecule has 2 atom stereocenters. The van der Waals surface area contributed by atoms with E-state index in [2.05, 4.69) is 20.7 Å². The van der Waals surface area contributed by atoms with Gasteiger partial charge in [0.2, 0.25) is 0 Å². The fourth-order valence-electron chi connectivity index (χ4n) is 5.69. The summed E-state index contributed by atoms with van der Waals surface area (Å²) >= 11 is 0. The van der Waals surface area contributed by atoms with Gasteiger partial charge >= 0.3 is 6.09 Å². The van der Waals surface area contributed by atoms with E-state index in [1.54, 1.807) is 55.4 Å². The van der Waals surface area contributed by atoms with E-state index in [-0.39, 0.29) is 48.0 Å². The van der Waals surface area contributed by atoms with Gasteiger partial charge in [-0.1, -0.05) is 12.8 Å². The second-order valence-electron chi connectivity index (χ2n) is 12.0. The van der Waals surface area contributed by atoms with Crippen LogP contribution >= 0.6 is 0 Å². The Morgan fingerprint density at radius 2 is 1.88 bits per heavy atom. The van der Waals surface area contributed by atoms with Crippen molar-refractivity contribution in [1.82, 2.24) is 25.0 Å². The van der Waals surface area contributed by atoms with Gasteiger partial charge in [0.1, 0.15) is 17.1 Å². The molecule has 1 fully saturated rings. The molecule has 0 radical (unpaired) electrons. The van der Waals surface area contributed by atoms with Crippen LogP contribution in [0, 0.1) is 5.82 Å². The van der Waals surface area contributed by atoms with Crippen LogP contribution in [0.5, 0.6) is 11.5 Å². The number of hydrogen-bond donors (Lipinski definition) is 2. The van der Waals surface area contributed by atoms with Crippen LogP contribution < -0.4 is 20.1 Å². The van der Waals surface area contributed by atoms with Crippen molar-refractivity contribution in [3.63, 3.8) is 0 Å². The Hall–Kier alpha value is -4.35. The van der Waals surface area contributed by atoms with Gasteiger partial charge in [-0.3, -0.25) is 9.48 Å². The van der Waals surface area contributed by atoms with Crippen molar-refractivity contribution >= 4 is 17.8 Å². The zero-order valence-electron chi connectivity index (χ0n) is 25.5. The number of rotatable bonds is 8. The van der Waals surface area contributed by atoms with Gasteiger partial charge in [0.25, 0.3) is 5.91 Å². The van der Waals surface area contributed by atoms with Gasteiger partial charge in [0.15, 0.2) is 11.6 Å². The number of amides is 2. The fraction of sp³-hybridized carbons (Fsp3) is 0.484. The van der Waals surface area contributed by atoms with Crippen LogP contribution in [0.2, 0.25) is 0 Å². The van der Waals surface area contributed by atoms with Crippen LogP contribution in [0.3, 0.4) is 0 Å². The highest BCUT2D eigenvalue weighted by Crippen LogP contribution is 2.38. The molecule has 43 heavy (non-hydrogen) atoms. The molecule has 3 aromatic rings. The van der Waals surface area contributed by atoms with Crippen molar-refractivity contribution in [3.8, 4) is 22.8 Å². The molecule has 12 heteroatoms. The number of aryl methyl sites for hydroxylation is 1. The molecule has 0 bridgehead atoms. The number of carbonyl (C=O) groups is 2. The minimum Gasteiger partial charge on any atom is -0.497 e. The van der Waals surface area contributed by atoms with Crippen molar-refractivity contribution in [2.24, 2.45) is 7.05 Å². The summed E-state index contributed by atoms with van der Waals surface area (Å²) < 4.78 is 34.2. The van der Waals surface area contributed by atoms with Crippen molar-refractivity contribution in [2.45, 2.75) is 77.2 Å². The second-order valence-corrected chi connectivity index (χ2v) is 12.0. The average molecular weight is 595 g/mol. The highest BCUT2D eigenvalue weighted by Gasteiger charge is 2.37. The van der Waals surface area contributed by atoms with E-state index in [4.69, 9.17) is 14.2 Å². The first-order valence-electron chi connectivity index (χ1n) is 14.4. The first kappa shape index (κ1) is 30.1. The van der Waals surface area contributed by atoms with Gasteiger partial charge < -0.3 is 29.7 Å². The molecule has 5 rings (SSSR count). The number of anilines is 1. The molecule has 2 aromatic heterocycles. The average Bonchev–Trinajstić information content (AvgIpc) is 3.53. The lowest BCUT2D eigenvalue weighted by Crippen LogP contribution is -2.50. The van der Waals surface area contributed by atoms with Crippen LogP contribution in [0.25, 0.3) is 11.3 Å². The van der Waals surface area contributed by atoms with Gasteiger partial charge in [-0.25, -0.2) is 14.2 Å². The Bertz CT molecular complexity index is 1520. The maximum Gasteiger partial charge on any atom is 0.407 e. The van der Waals surface area contributed by atoms with Crippen LogP contribution in [0.1, 0.15) is 67.9 Å². The number of pyridine rings is 1. The van der Waals surface area contributed by atoms with E-state index in [1.807, 2.05) is 26.8 Å². The second kappa shape index (κ2) is 12.1. The number of hydrogen-bond acceptors (Lipinski definition) is 8. The first-order chi connectivity index (χ1) is 20.5. The molecule has 2 aliphatic rings. The monoisotopic (exact) mass is 594 g/mol. The van der Waals surface area contributed by atoms with E-state index >= 15 is 4.39 Å². The lowest BCUT2D eigenvalue weighted by molar-refractivity contribution is 0.0488. The Morgan fingerprint density at radius 3 is 2.53 bits per heavy atom. The number of nitrogens with zero attached hydrogens (tertiary/aromatic N) is 4. The van der Waals surface area contributed by atoms with Crippen molar-refractivity contribution < 1.29 is 28.2 Å². The van der Waals surface area contributed by atoms with E-state index < -0.39 is 17.5 Å². The van der Waals surface area contributed by atoms with Crippen LogP contribution in [0.15, 0.2) is 30.6 Å². The summed E-state index contributed by atoms with van der Waals surface area (Å²) in [6.45, 7) is 5.69. The van der Waals surface area contributed by atoms with Gasteiger partial charge in [0.05, 0.1) is 44.3 Å². The molecule has 1 aliphatic heterocycles. The van der Waals surface area contributed by atoms with Crippen LogP contribution in [0.4, 0.5) is 15.0 Å². The number of carbonyl (C=O) groups excluding carboxylic acids is 2. The van der Waals surface area contributed by atoms with E-state index in [0.29, 0.717) is 29.2 Å². The van der Waals surface area contributed by atoms with Gasteiger partial charge in [-0.2, -0.15) is 5.10 Å². The number of halogens is 1. The fourth-order valence-corrected chi connectivity index (χ4v) is 5.69. The summed E-state index contributed by atoms with van der Waals surface area (Å²) in [5, 5.41) is 10.5. The third-order valence-electron chi connectivity index (χ3n) is 7.71. The topological polar surface area (TPSA) is 120 Å². The Morgan fingerprint density at radius 1 is 1.14 bits per heavy atom. The van der Waals surface area contributed by atoms with Crippen molar-refractivity contribution in [2.75, 3.05) is 19.5 Å². The van der Waals surface area contributed by atoms with E-state index in [9.17, 15) is 9.59 Å². The Kier molecular flexibility index (Phi) is 8.48. The van der Waals surface area contributed by atoms with Crippen LogP contribution in [-0.2, 0) is 24.9 Å². The Labute approximate surface area is 250 Å². The highest BCUT2D eigenvalue weighted by molar-refractivity contribution is 6.04. The summed E-state index contributed by atoms with van der Waals surface area (Å²) in [5.74, 6) is 0.326. The Balaban J connectivity index is 1.47. The SMILES string of the molecule is COc1ccc(CN2Cc3c(F)c(N[C@H]4CCCC[C@H]4NC(=O)OC(C)(C)C)nc(-c4cnn(C)c4)c3C2=O)c(OC)c1. The molecule has 1 aromatic carbocycles. The summed E-state index contributed by atoms with van der Waals surface area (Å²) in [6.07, 6.45) is 6.12. The van der Waals surface area contributed by atoms with E-state index in [0.717, 1.165) is 24.8 Å². The maximum absolute atomic E-state index is 16.3. The summed E-state index contributed by atoms with van der Waals surface area (Å²) in [7, 11) is 4.89. The number of ether oxygens (including phenoxy) is 3. The zero-order valence-corrected chi connectivity index (χ0v) is 25.5. The number of methoxy groups -OCH3 is 2. The number of benzene rings is 1. The standard InChI is InChI=1S/C31H39FN6O5/c1-31(2,3)43-30(40)35-23-10-8-7-9-22(23)34-28-26(32)21-17-38(16-18-11-12-20(41-5)13-24(18)42-6)29(39)25(21)27(36-28)19-14-33-37(4)15-19/h11-15,22-23H,7-10,16-17H2,1-6H3,(H,34,36)(H,35,40)/t22-,23+/m0/s1. The molecule has 2 amide bonds. The molecule has 0 spiro atoms. The molecule has 2 N–H and O–H groups in total. The number of aromatic nitrogens is 3. The minimum atomic E-state index is -0.637. The minimum absolute atomic E-state index is 0.0390. The normalized spacial score (nSPS) is 18.3. The van der Waals surface area contributed by atoms with Crippen molar-refractivity contribution in [1.29, 1.82) is 0 Å². The number of fused-ring (bicyclic) bond motifs is 1. The molecule has 1 saturated carbocycles. The third-order valence-corrected chi connectivity index (χ3v) is 7.71. The summed E-state index contributed by atoms with van der Waals surface area (Å²) in [4.78, 5) is 32.6. The third kappa shape index (κ3) is 6.52. The largest absolute Gasteiger partial charge is 0.497 e. The van der Waals surface area contributed by atoms with Crippen molar-refractivity contribution in [3.05, 3.63) is 53.1 Å². The molecule has 230 valence electrons. The number of nitrogens with one attached hydrogen (secondary N) is 2. The molecule has 11 nitrogen and oxygen atoms in total. The predicted molar refractivity (Wildman–Crippen MR) is 159 cm³/mol. The summed E-state index contributed by atoms with van der Waals surface area (Å²) in [6, 6.07) is 4.82. The predicted octanol–water partition coefficient (Wildman–Crippen LogP) is 5.04. The van der Waals surface area contributed by atoms with Crippen LogP contribution in [-0.4, -0.2) is 63.6 Å². The van der Waals surface area contributed by atoms with E-state index in [1.165, 1.54) is 0 Å². The molecular formula is C31H39FN6O5. The maximum atomic E-state index is 16.3. The quantitative estimate of drug-likeness (QED) is 0.372. The molecular weight excluding hydrogens is 555 g/mol. The van der Waals surface area contributed by atoms with Gasteiger partial charge in [-0.15, -0.1) is 0 Å². The van der Waals surface area contributed by atoms with Gasteiger partial charge in [0, 0.05) is 48.6 Å². The first-order valence-corrected chi connectivity index (χ1v) is 14.4. The number of alkyl carbamates (subject to hydrolysis) is 1. The lowest BCUT2D eigenvalue weighted by atomic mass is 9.90. The molecule has 1 aliphatic carbocycles.